The van der Waals surface area contributed by atoms with Crippen LogP contribution in [0.2, 0.25) is 0 Å². The lowest BCUT2D eigenvalue weighted by Crippen LogP contribution is -2.36. The molecule has 3 N–H and O–H groups in total. The Bertz CT molecular complexity index is 638. The van der Waals surface area contributed by atoms with E-state index >= 15 is 0 Å². The molecule has 21 heavy (non-hydrogen) atoms. The first-order chi connectivity index (χ1) is 10.0. The van der Waals surface area contributed by atoms with Crippen LogP contribution in [0.1, 0.15) is 32.4 Å². The van der Waals surface area contributed by atoms with Gasteiger partial charge in [0.05, 0.1) is 0 Å². The van der Waals surface area contributed by atoms with Crippen LogP contribution in [-0.4, -0.2) is 18.6 Å². The number of nitrogens with two attached hydrogens (primary N) is 1. The Labute approximate surface area is 125 Å². The van der Waals surface area contributed by atoms with Crippen molar-refractivity contribution in [3.63, 3.8) is 0 Å². The van der Waals surface area contributed by atoms with Crippen LogP contribution in [-0.2, 0) is 4.79 Å². The molecule has 2 atom stereocenters. The van der Waals surface area contributed by atoms with E-state index in [4.69, 9.17) is 10.5 Å². The first-order valence-corrected chi connectivity index (χ1v) is 7.26. The zero-order chi connectivity index (χ0) is 15.4. The van der Waals surface area contributed by atoms with Crippen molar-refractivity contribution in [1.82, 2.24) is 5.32 Å². The second-order valence-electron chi connectivity index (χ2n) is 5.15. The fourth-order valence-corrected chi connectivity index (χ4v) is 2.30. The molecule has 0 aromatic heterocycles. The average molecular weight is 286 g/mol. The average Bonchev–Trinajstić information content (AvgIpc) is 2.47. The molecule has 2 aromatic carbocycles. The van der Waals surface area contributed by atoms with Gasteiger partial charge in [0, 0.05) is 23.5 Å². The number of benzene rings is 2. The molecule has 0 aliphatic rings. The molecule has 1 amide bonds. The molecule has 0 bridgehead atoms. The van der Waals surface area contributed by atoms with Crippen LogP contribution in [0, 0.1) is 0 Å². The summed E-state index contributed by atoms with van der Waals surface area (Å²) in [4.78, 5) is 11.9. The van der Waals surface area contributed by atoms with Crippen LogP contribution < -0.4 is 15.8 Å². The van der Waals surface area contributed by atoms with Crippen molar-refractivity contribution in [3.05, 3.63) is 42.0 Å². The highest BCUT2D eigenvalue weighted by Crippen LogP contribution is 2.33. The van der Waals surface area contributed by atoms with Crippen molar-refractivity contribution < 1.29 is 9.53 Å². The SMILES string of the molecule is CCNC(=O)C(C)Oc1c(C(C)N)ccc2ccccc12. The van der Waals surface area contributed by atoms with Crippen LogP contribution in [0.25, 0.3) is 10.8 Å². The Kier molecular flexibility index (Phi) is 4.81. The Morgan fingerprint density at radius 3 is 2.62 bits per heavy atom. The first-order valence-electron chi connectivity index (χ1n) is 7.26. The van der Waals surface area contributed by atoms with Gasteiger partial charge in [-0.15, -0.1) is 0 Å². The molecule has 2 unspecified atom stereocenters. The van der Waals surface area contributed by atoms with Gasteiger partial charge in [-0.05, 0) is 26.2 Å². The zero-order valence-electron chi connectivity index (χ0n) is 12.7. The van der Waals surface area contributed by atoms with Gasteiger partial charge in [-0.1, -0.05) is 36.4 Å². The third-order valence-corrected chi connectivity index (χ3v) is 3.42. The molecule has 0 radical (unpaired) electrons. The topological polar surface area (TPSA) is 64.3 Å². The van der Waals surface area contributed by atoms with Crippen LogP contribution >= 0.6 is 0 Å². The molecule has 0 saturated heterocycles. The number of hydrogen-bond donors (Lipinski definition) is 2. The van der Waals surface area contributed by atoms with Crippen molar-refractivity contribution in [1.29, 1.82) is 0 Å². The van der Waals surface area contributed by atoms with E-state index in [0.717, 1.165) is 16.3 Å². The van der Waals surface area contributed by atoms with Crippen molar-refractivity contribution >= 4 is 16.7 Å². The fraction of sp³-hybridized carbons (Fsp3) is 0.353. The monoisotopic (exact) mass is 286 g/mol. The third kappa shape index (κ3) is 3.34. The maximum atomic E-state index is 11.9. The quantitative estimate of drug-likeness (QED) is 0.888. The largest absolute Gasteiger partial charge is 0.480 e. The van der Waals surface area contributed by atoms with E-state index in [1.54, 1.807) is 6.92 Å². The number of nitrogens with one attached hydrogen (secondary N) is 1. The van der Waals surface area contributed by atoms with Crippen LogP contribution in [0.3, 0.4) is 0 Å². The second-order valence-corrected chi connectivity index (χ2v) is 5.15. The number of amides is 1. The lowest BCUT2D eigenvalue weighted by atomic mass is 10.0. The molecule has 0 aliphatic carbocycles. The molecule has 4 nitrogen and oxygen atoms in total. The maximum absolute atomic E-state index is 11.9. The molecule has 2 aromatic rings. The number of fused-ring (bicyclic) bond motifs is 1. The van der Waals surface area contributed by atoms with Crippen LogP contribution in [0.4, 0.5) is 0 Å². The Morgan fingerprint density at radius 2 is 1.95 bits per heavy atom. The summed E-state index contributed by atoms with van der Waals surface area (Å²) in [5.74, 6) is 0.572. The molecular weight excluding hydrogens is 264 g/mol. The number of carbonyl (C=O) groups excluding carboxylic acids is 1. The van der Waals surface area contributed by atoms with E-state index in [0.29, 0.717) is 12.3 Å². The summed E-state index contributed by atoms with van der Waals surface area (Å²) in [7, 11) is 0. The van der Waals surface area contributed by atoms with Gasteiger partial charge in [-0.25, -0.2) is 0 Å². The Hall–Kier alpha value is -2.07. The normalized spacial score (nSPS) is 13.7. The molecule has 112 valence electrons. The minimum absolute atomic E-state index is 0.124. The summed E-state index contributed by atoms with van der Waals surface area (Å²) in [5, 5.41) is 4.81. The fourth-order valence-electron chi connectivity index (χ4n) is 2.30. The van der Waals surface area contributed by atoms with Gasteiger partial charge in [0.15, 0.2) is 6.10 Å². The molecule has 0 saturated carbocycles. The van der Waals surface area contributed by atoms with Gasteiger partial charge in [-0.3, -0.25) is 4.79 Å². The van der Waals surface area contributed by atoms with Gasteiger partial charge < -0.3 is 15.8 Å². The smallest absolute Gasteiger partial charge is 0.260 e. The van der Waals surface area contributed by atoms with Crippen LogP contribution in [0.15, 0.2) is 36.4 Å². The molecule has 4 heteroatoms. The molecule has 0 heterocycles. The zero-order valence-corrected chi connectivity index (χ0v) is 12.7. The highest BCUT2D eigenvalue weighted by molar-refractivity contribution is 5.90. The van der Waals surface area contributed by atoms with Gasteiger partial charge >= 0.3 is 0 Å². The van der Waals surface area contributed by atoms with Crippen molar-refractivity contribution in [3.8, 4) is 5.75 Å². The predicted octanol–water partition coefficient (Wildman–Crippen LogP) is 2.76. The first kappa shape index (κ1) is 15.3. The number of likely N-dealkylation sites (N-methyl/N-ethyl adjacent to an activating group) is 1. The lowest BCUT2D eigenvalue weighted by molar-refractivity contribution is -0.127. The van der Waals surface area contributed by atoms with E-state index in [-0.39, 0.29) is 11.9 Å². The van der Waals surface area contributed by atoms with E-state index in [1.165, 1.54) is 0 Å². The van der Waals surface area contributed by atoms with Crippen molar-refractivity contribution in [2.75, 3.05) is 6.54 Å². The van der Waals surface area contributed by atoms with E-state index in [1.807, 2.05) is 50.2 Å². The third-order valence-electron chi connectivity index (χ3n) is 3.42. The number of ether oxygens (including phenoxy) is 1. The molecule has 0 aliphatic heterocycles. The highest BCUT2D eigenvalue weighted by Gasteiger charge is 2.18. The van der Waals surface area contributed by atoms with Gasteiger partial charge in [0.25, 0.3) is 5.91 Å². The lowest BCUT2D eigenvalue weighted by Gasteiger charge is -2.20. The standard InChI is InChI=1S/C17H22N2O2/c1-4-19-17(20)12(3)21-16-14(11(2)18)10-9-13-7-5-6-8-15(13)16/h5-12H,4,18H2,1-3H3,(H,19,20). The summed E-state index contributed by atoms with van der Waals surface area (Å²) < 4.78 is 5.94. The van der Waals surface area contributed by atoms with Gasteiger partial charge in [-0.2, -0.15) is 0 Å². The summed E-state index contributed by atoms with van der Waals surface area (Å²) in [6, 6.07) is 11.8. The second kappa shape index (κ2) is 6.59. The summed E-state index contributed by atoms with van der Waals surface area (Å²) >= 11 is 0. The van der Waals surface area contributed by atoms with Gasteiger partial charge in [0.2, 0.25) is 0 Å². The van der Waals surface area contributed by atoms with E-state index in [2.05, 4.69) is 5.32 Å². The molecule has 2 rings (SSSR count). The minimum Gasteiger partial charge on any atom is -0.480 e. The van der Waals surface area contributed by atoms with Crippen molar-refractivity contribution in [2.24, 2.45) is 5.73 Å². The summed E-state index contributed by atoms with van der Waals surface area (Å²) in [6.07, 6.45) is -0.562. The Balaban J connectivity index is 2.44. The molecular formula is C17H22N2O2. The Morgan fingerprint density at radius 1 is 1.24 bits per heavy atom. The number of hydrogen-bond acceptors (Lipinski definition) is 3. The number of carbonyl (C=O) groups is 1. The van der Waals surface area contributed by atoms with Crippen molar-refractivity contribution in [2.45, 2.75) is 32.9 Å². The molecule has 0 spiro atoms. The predicted molar refractivity (Wildman–Crippen MR) is 85.3 cm³/mol. The maximum Gasteiger partial charge on any atom is 0.260 e. The highest BCUT2D eigenvalue weighted by atomic mass is 16.5. The van der Waals surface area contributed by atoms with E-state index in [9.17, 15) is 4.79 Å². The van der Waals surface area contributed by atoms with Crippen LogP contribution in [0.5, 0.6) is 5.75 Å². The summed E-state index contributed by atoms with van der Waals surface area (Å²) in [5.41, 5.74) is 6.94. The van der Waals surface area contributed by atoms with E-state index < -0.39 is 6.10 Å². The molecule has 0 fully saturated rings. The summed E-state index contributed by atoms with van der Waals surface area (Å²) in [6.45, 7) is 6.13. The van der Waals surface area contributed by atoms with Gasteiger partial charge in [0.1, 0.15) is 5.75 Å². The number of rotatable bonds is 5. The minimum atomic E-state index is -0.562.